The molecule has 0 fully saturated rings. The molecular weight excluding hydrogens is 386 g/mol. The van der Waals surface area contributed by atoms with Gasteiger partial charge in [0.15, 0.2) is 0 Å². The number of unbranched alkanes of at least 4 members (excludes halogenated alkanes) is 2. The summed E-state index contributed by atoms with van der Waals surface area (Å²) in [4.78, 5) is 16.1. The Hall–Kier alpha value is -2.53. The van der Waals surface area contributed by atoms with Gasteiger partial charge in [0.2, 0.25) is 5.91 Å². The summed E-state index contributed by atoms with van der Waals surface area (Å²) in [6, 6.07) is 15.7. The zero-order chi connectivity index (χ0) is 20.5. The van der Waals surface area contributed by atoms with Crippen LogP contribution < -0.4 is 10.1 Å². The van der Waals surface area contributed by atoms with E-state index in [9.17, 15) is 4.79 Å². The van der Waals surface area contributed by atoms with Crippen molar-refractivity contribution < 1.29 is 9.53 Å². The Morgan fingerprint density at radius 2 is 1.90 bits per heavy atom. The van der Waals surface area contributed by atoms with E-state index in [0.29, 0.717) is 30.3 Å². The molecule has 0 unspecified atom stereocenters. The van der Waals surface area contributed by atoms with Crippen molar-refractivity contribution >= 4 is 28.5 Å². The molecule has 0 saturated heterocycles. The Kier molecular flexibility index (Phi) is 7.94. The molecule has 3 aromatic rings. The normalized spacial score (nSPS) is 11.0. The zero-order valence-corrected chi connectivity index (χ0v) is 17.6. The van der Waals surface area contributed by atoms with E-state index in [1.54, 1.807) is 0 Å². The second-order valence-electron chi connectivity index (χ2n) is 6.96. The minimum atomic E-state index is 0.116. The Morgan fingerprint density at radius 1 is 1.10 bits per heavy atom. The molecule has 0 bridgehead atoms. The first-order valence-electron chi connectivity index (χ1n) is 10.3. The van der Waals surface area contributed by atoms with Crippen LogP contribution >= 0.6 is 11.6 Å². The molecule has 6 heteroatoms. The van der Waals surface area contributed by atoms with Crippen molar-refractivity contribution in [3.63, 3.8) is 0 Å². The maximum absolute atomic E-state index is 11.3. The molecular formula is C23H28ClN3O2. The highest BCUT2D eigenvalue weighted by atomic mass is 35.5. The zero-order valence-electron chi connectivity index (χ0n) is 16.9. The van der Waals surface area contributed by atoms with Gasteiger partial charge in [0.1, 0.15) is 18.2 Å². The van der Waals surface area contributed by atoms with Gasteiger partial charge in [-0.05, 0) is 37.1 Å². The lowest BCUT2D eigenvalue weighted by Crippen LogP contribution is -2.23. The highest BCUT2D eigenvalue weighted by molar-refractivity contribution is 6.32. The molecule has 0 aliphatic carbocycles. The van der Waals surface area contributed by atoms with Crippen molar-refractivity contribution in [2.24, 2.45) is 0 Å². The molecule has 2 aromatic carbocycles. The number of halogens is 1. The van der Waals surface area contributed by atoms with Crippen LogP contribution in [0, 0.1) is 0 Å². The maximum atomic E-state index is 11.3. The predicted molar refractivity (Wildman–Crippen MR) is 118 cm³/mol. The molecule has 5 nitrogen and oxygen atoms in total. The first-order valence-corrected chi connectivity index (χ1v) is 10.6. The second-order valence-corrected chi connectivity index (χ2v) is 7.37. The highest BCUT2D eigenvalue weighted by Crippen LogP contribution is 2.23. The fraction of sp³-hybridized carbons (Fsp3) is 0.391. The van der Waals surface area contributed by atoms with Crippen LogP contribution in [0.5, 0.6) is 5.75 Å². The molecule has 0 saturated carbocycles. The standard InChI is InChI=1S/C23H28ClN3O2/c1-2-23(28)25-15-9-3-4-14-22-26-19-11-6-7-12-20(19)27(22)16-17-29-21-13-8-5-10-18(21)24/h5-8,10-13H,2-4,9,14-17H2,1H3,(H,25,28). The lowest BCUT2D eigenvalue weighted by atomic mass is 10.2. The van der Waals surface area contributed by atoms with Gasteiger partial charge >= 0.3 is 0 Å². The summed E-state index contributed by atoms with van der Waals surface area (Å²) in [5.41, 5.74) is 2.14. The van der Waals surface area contributed by atoms with E-state index >= 15 is 0 Å². The smallest absolute Gasteiger partial charge is 0.219 e. The average molecular weight is 414 g/mol. The summed E-state index contributed by atoms with van der Waals surface area (Å²) in [6.07, 6.45) is 4.53. The summed E-state index contributed by atoms with van der Waals surface area (Å²) >= 11 is 6.18. The molecule has 29 heavy (non-hydrogen) atoms. The van der Waals surface area contributed by atoms with Gasteiger partial charge < -0.3 is 14.6 Å². The number of rotatable bonds is 11. The lowest BCUT2D eigenvalue weighted by Gasteiger charge is -2.12. The average Bonchev–Trinajstić information content (AvgIpc) is 3.09. The quantitative estimate of drug-likeness (QED) is 0.449. The van der Waals surface area contributed by atoms with E-state index in [1.807, 2.05) is 49.4 Å². The van der Waals surface area contributed by atoms with Crippen LogP contribution in [0.25, 0.3) is 11.0 Å². The lowest BCUT2D eigenvalue weighted by molar-refractivity contribution is -0.120. The molecule has 1 N–H and O–H groups in total. The number of nitrogens with one attached hydrogen (secondary N) is 1. The maximum Gasteiger partial charge on any atom is 0.219 e. The van der Waals surface area contributed by atoms with Crippen molar-refractivity contribution in [1.82, 2.24) is 14.9 Å². The molecule has 1 heterocycles. The Labute approximate surface area is 177 Å². The van der Waals surface area contributed by atoms with Crippen LogP contribution in [-0.4, -0.2) is 28.6 Å². The van der Waals surface area contributed by atoms with Crippen molar-refractivity contribution in [1.29, 1.82) is 0 Å². The van der Waals surface area contributed by atoms with Gasteiger partial charge in [0, 0.05) is 19.4 Å². The molecule has 1 amide bonds. The minimum absolute atomic E-state index is 0.116. The van der Waals surface area contributed by atoms with Crippen LogP contribution in [0.2, 0.25) is 5.02 Å². The number of carbonyl (C=O) groups excluding carboxylic acids is 1. The number of nitrogens with zero attached hydrogens (tertiary/aromatic N) is 2. The van der Waals surface area contributed by atoms with Crippen LogP contribution in [0.1, 0.15) is 38.4 Å². The fourth-order valence-electron chi connectivity index (χ4n) is 3.31. The Morgan fingerprint density at radius 3 is 2.72 bits per heavy atom. The van der Waals surface area contributed by atoms with E-state index in [0.717, 1.165) is 49.1 Å². The topological polar surface area (TPSA) is 56.2 Å². The van der Waals surface area contributed by atoms with E-state index < -0.39 is 0 Å². The second kappa shape index (κ2) is 10.9. The number of hydrogen-bond donors (Lipinski definition) is 1. The number of ether oxygens (including phenoxy) is 1. The van der Waals surface area contributed by atoms with Gasteiger partial charge in [0.05, 0.1) is 22.6 Å². The third kappa shape index (κ3) is 5.97. The molecule has 0 radical (unpaired) electrons. The van der Waals surface area contributed by atoms with Gasteiger partial charge in [-0.15, -0.1) is 0 Å². The minimum Gasteiger partial charge on any atom is -0.490 e. The highest BCUT2D eigenvalue weighted by Gasteiger charge is 2.11. The number of carbonyl (C=O) groups is 1. The summed E-state index contributed by atoms with van der Waals surface area (Å²) in [5, 5.41) is 3.55. The van der Waals surface area contributed by atoms with Crippen LogP contribution in [0.3, 0.4) is 0 Å². The largest absolute Gasteiger partial charge is 0.490 e. The number of imidazole rings is 1. The molecule has 154 valence electrons. The first kappa shape index (κ1) is 21.2. The third-order valence-electron chi connectivity index (χ3n) is 4.86. The first-order chi connectivity index (χ1) is 14.2. The number of aromatic nitrogens is 2. The monoisotopic (exact) mass is 413 g/mol. The fourth-order valence-corrected chi connectivity index (χ4v) is 3.50. The number of aryl methyl sites for hydroxylation is 1. The molecule has 0 spiro atoms. The van der Waals surface area contributed by atoms with Crippen molar-refractivity contribution in [3.05, 3.63) is 59.4 Å². The van der Waals surface area contributed by atoms with Gasteiger partial charge in [-0.25, -0.2) is 4.98 Å². The van der Waals surface area contributed by atoms with E-state index in [-0.39, 0.29) is 5.91 Å². The van der Waals surface area contributed by atoms with Crippen LogP contribution in [0.4, 0.5) is 0 Å². The summed E-state index contributed by atoms with van der Waals surface area (Å²) in [6.45, 7) is 3.86. The van der Waals surface area contributed by atoms with Gasteiger partial charge in [0.25, 0.3) is 0 Å². The van der Waals surface area contributed by atoms with E-state index in [1.165, 1.54) is 0 Å². The molecule has 3 rings (SSSR count). The molecule has 0 aliphatic heterocycles. The number of para-hydroxylation sites is 3. The van der Waals surface area contributed by atoms with E-state index in [4.69, 9.17) is 21.3 Å². The number of amides is 1. The van der Waals surface area contributed by atoms with Crippen molar-refractivity contribution in [3.8, 4) is 5.75 Å². The number of benzene rings is 2. The molecule has 0 aliphatic rings. The van der Waals surface area contributed by atoms with Crippen molar-refractivity contribution in [2.75, 3.05) is 13.2 Å². The molecule has 0 atom stereocenters. The van der Waals surface area contributed by atoms with Gasteiger partial charge in [-0.2, -0.15) is 0 Å². The number of fused-ring (bicyclic) bond motifs is 1. The van der Waals surface area contributed by atoms with Crippen LogP contribution in [0.15, 0.2) is 48.5 Å². The third-order valence-corrected chi connectivity index (χ3v) is 5.18. The predicted octanol–water partition coefficient (Wildman–Crippen LogP) is 5.01. The summed E-state index contributed by atoms with van der Waals surface area (Å²) < 4.78 is 8.12. The molecule has 1 aromatic heterocycles. The van der Waals surface area contributed by atoms with E-state index in [2.05, 4.69) is 16.0 Å². The Bertz CT molecular complexity index is 939. The van der Waals surface area contributed by atoms with Crippen molar-refractivity contribution in [2.45, 2.75) is 45.6 Å². The number of hydrogen-bond acceptors (Lipinski definition) is 3. The summed E-state index contributed by atoms with van der Waals surface area (Å²) in [5.74, 6) is 1.89. The Balaban J connectivity index is 1.57. The summed E-state index contributed by atoms with van der Waals surface area (Å²) in [7, 11) is 0. The van der Waals surface area contributed by atoms with Crippen LogP contribution in [-0.2, 0) is 17.8 Å². The SMILES string of the molecule is CCC(=O)NCCCCCc1nc2ccccc2n1CCOc1ccccc1Cl. The van der Waals surface area contributed by atoms with Gasteiger partial charge in [-0.3, -0.25) is 4.79 Å². The van der Waals surface area contributed by atoms with Gasteiger partial charge in [-0.1, -0.05) is 49.2 Å².